The van der Waals surface area contributed by atoms with Crippen LogP contribution in [0.5, 0.6) is 5.75 Å². The normalized spacial score (nSPS) is 15.9. The summed E-state index contributed by atoms with van der Waals surface area (Å²) in [6.07, 6.45) is 7.11. The van der Waals surface area contributed by atoms with E-state index < -0.39 is 5.97 Å². The molecule has 4 nitrogen and oxygen atoms in total. The van der Waals surface area contributed by atoms with Gasteiger partial charge in [0.05, 0.1) is 12.7 Å². The van der Waals surface area contributed by atoms with E-state index in [1.165, 1.54) is 12.1 Å². The maximum Gasteiger partial charge on any atom is 0.334 e. The molecule has 0 radical (unpaired) electrons. The van der Waals surface area contributed by atoms with Crippen LogP contribution in [-0.4, -0.2) is 34.2 Å². The van der Waals surface area contributed by atoms with Crippen molar-refractivity contribution in [1.82, 2.24) is 4.90 Å². The molecule has 0 aromatic heterocycles. The number of methoxy groups -OCH3 is 1. The van der Waals surface area contributed by atoms with E-state index in [2.05, 4.69) is 0 Å². The Hall–Kier alpha value is -2.73. The summed E-state index contributed by atoms with van der Waals surface area (Å²) in [5.41, 5.74) is 2.55. The maximum absolute atomic E-state index is 13.0. The number of carboxylic acids is 1. The molecule has 1 heterocycles. The fourth-order valence-corrected chi connectivity index (χ4v) is 4.39. The van der Waals surface area contributed by atoms with Crippen molar-refractivity contribution in [2.24, 2.45) is 0 Å². The molecule has 1 atom stereocenters. The van der Waals surface area contributed by atoms with Gasteiger partial charge in [0.2, 0.25) is 0 Å². The average Bonchev–Trinajstić information content (AvgIpc) is 2.73. The van der Waals surface area contributed by atoms with Crippen molar-refractivity contribution in [3.63, 3.8) is 0 Å². The van der Waals surface area contributed by atoms with Crippen LogP contribution in [0.2, 0.25) is 0 Å². The van der Waals surface area contributed by atoms with Crippen LogP contribution < -0.4 is 4.74 Å². The van der Waals surface area contributed by atoms with Crippen LogP contribution in [-0.2, 0) is 17.8 Å². The number of rotatable bonds is 9. The number of halogens is 1. The Morgan fingerprint density at radius 1 is 1.14 bits per heavy atom. The summed E-state index contributed by atoms with van der Waals surface area (Å²) < 4.78 is 18.2. The topological polar surface area (TPSA) is 49.8 Å². The van der Waals surface area contributed by atoms with Gasteiger partial charge in [-0.05, 0) is 66.1 Å². The third-order valence-electron chi connectivity index (χ3n) is 4.69. The Labute approximate surface area is 174 Å². The zero-order valence-corrected chi connectivity index (χ0v) is 17.1. The van der Waals surface area contributed by atoms with Gasteiger partial charge in [-0.25, -0.2) is 9.18 Å². The molecule has 0 spiro atoms. The maximum atomic E-state index is 13.0. The summed E-state index contributed by atoms with van der Waals surface area (Å²) in [4.78, 5) is 13.8. The first-order valence-electron chi connectivity index (χ1n) is 9.43. The lowest BCUT2D eigenvalue weighted by molar-refractivity contribution is -0.133. The van der Waals surface area contributed by atoms with Gasteiger partial charge in [-0.2, -0.15) is 0 Å². The van der Waals surface area contributed by atoms with E-state index in [1.807, 2.05) is 35.4 Å². The highest BCUT2D eigenvalue weighted by atomic mass is 32.2. The van der Waals surface area contributed by atoms with Crippen LogP contribution in [0.25, 0.3) is 0 Å². The van der Waals surface area contributed by atoms with Crippen LogP contribution in [0.4, 0.5) is 4.39 Å². The third-order valence-corrected chi connectivity index (χ3v) is 6.06. The van der Waals surface area contributed by atoms with E-state index in [0.717, 1.165) is 35.5 Å². The lowest BCUT2D eigenvalue weighted by Crippen LogP contribution is -2.34. The van der Waals surface area contributed by atoms with Gasteiger partial charge in [0.25, 0.3) is 0 Å². The number of hydrogen-bond acceptors (Lipinski definition) is 4. The first kappa shape index (κ1) is 21.0. The highest BCUT2D eigenvalue weighted by Gasteiger charge is 2.27. The second-order valence-electron chi connectivity index (χ2n) is 6.74. The quantitative estimate of drug-likeness (QED) is 0.595. The Balaban J connectivity index is 1.61. The molecule has 2 aromatic rings. The minimum atomic E-state index is -0.898. The molecule has 1 aliphatic heterocycles. The number of thioether (sulfide) groups is 1. The second-order valence-corrected chi connectivity index (χ2v) is 7.93. The lowest BCUT2D eigenvalue weighted by atomic mass is 10.1. The molecule has 1 N–H and O–H groups in total. The first-order valence-corrected chi connectivity index (χ1v) is 10.5. The van der Waals surface area contributed by atoms with Gasteiger partial charge >= 0.3 is 5.97 Å². The Kier molecular flexibility index (Phi) is 7.36. The van der Waals surface area contributed by atoms with Gasteiger partial charge in [0, 0.05) is 12.7 Å². The first-order chi connectivity index (χ1) is 14.1. The van der Waals surface area contributed by atoms with E-state index in [1.54, 1.807) is 43.2 Å². The minimum Gasteiger partial charge on any atom is -0.497 e. The summed E-state index contributed by atoms with van der Waals surface area (Å²) in [6, 6.07) is 14.3. The summed E-state index contributed by atoms with van der Waals surface area (Å²) in [5.74, 6) is 0.466. The van der Waals surface area contributed by atoms with Crippen molar-refractivity contribution < 1.29 is 19.0 Å². The van der Waals surface area contributed by atoms with Crippen molar-refractivity contribution in [1.29, 1.82) is 0 Å². The highest BCUT2D eigenvalue weighted by molar-refractivity contribution is 8.00. The molecule has 1 aliphatic rings. The predicted molar refractivity (Wildman–Crippen MR) is 114 cm³/mol. The molecule has 0 saturated heterocycles. The smallest absolute Gasteiger partial charge is 0.334 e. The zero-order valence-electron chi connectivity index (χ0n) is 16.3. The molecule has 3 rings (SSSR count). The molecule has 0 aliphatic carbocycles. The molecule has 0 fully saturated rings. The molecule has 2 aromatic carbocycles. The van der Waals surface area contributed by atoms with Gasteiger partial charge in [-0.3, -0.25) is 0 Å². The average molecular weight is 414 g/mol. The van der Waals surface area contributed by atoms with Crippen LogP contribution >= 0.6 is 11.8 Å². The molecule has 29 heavy (non-hydrogen) atoms. The van der Waals surface area contributed by atoms with Crippen molar-refractivity contribution >= 4 is 17.7 Å². The molecule has 0 bridgehead atoms. The summed E-state index contributed by atoms with van der Waals surface area (Å²) in [6.45, 7) is 0.612. The number of aryl methyl sites for hydroxylation is 1. The van der Waals surface area contributed by atoms with Crippen LogP contribution in [0.15, 0.2) is 72.5 Å². The predicted octanol–water partition coefficient (Wildman–Crippen LogP) is 4.87. The van der Waals surface area contributed by atoms with E-state index in [-0.39, 0.29) is 11.2 Å². The zero-order chi connectivity index (χ0) is 20.6. The van der Waals surface area contributed by atoms with E-state index >= 15 is 0 Å². The van der Waals surface area contributed by atoms with Crippen molar-refractivity contribution in [2.75, 3.05) is 12.9 Å². The molecule has 0 amide bonds. The van der Waals surface area contributed by atoms with Crippen molar-refractivity contribution in [3.05, 3.63) is 89.4 Å². The third kappa shape index (κ3) is 5.87. The van der Waals surface area contributed by atoms with E-state index in [9.17, 15) is 14.3 Å². The molecular weight excluding hydrogens is 389 g/mol. The fourth-order valence-electron chi connectivity index (χ4n) is 3.16. The highest BCUT2D eigenvalue weighted by Crippen LogP contribution is 2.30. The van der Waals surface area contributed by atoms with E-state index in [0.29, 0.717) is 12.1 Å². The number of nitrogens with zero attached hydrogens (tertiary/aromatic N) is 1. The number of aliphatic carboxylic acids is 1. The summed E-state index contributed by atoms with van der Waals surface area (Å²) in [7, 11) is 1.63. The number of allylic oxidation sites excluding steroid dienone is 2. The van der Waals surface area contributed by atoms with Gasteiger partial charge in [0.1, 0.15) is 16.9 Å². The fraction of sp³-hybridized carbons (Fsp3) is 0.261. The standard InChI is InChI=1S/C23H24FNO3S/c1-28-20-12-8-18(9-13-20)16-25-14-2-5-21(23(26)27)22(25)29-15-3-4-17-6-10-19(24)11-7-17/h2,5-14,22H,3-4,15-16H2,1H3,(H,26,27). The van der Waals surface area contributed by atoms with Crippen LogP contribution in [0, 0.1) is 5.82 Å². The number of carbonyl (C=O) groups is 1. The number of benzene rings is 2. The van der Waals surface area contributed by atoms with Crippen LogP contribution in [0.1, 0.15) is 17.5 Å². The molecule has 0 saturated carbocycles. The Bertz CT molecular complexity index is 878. The van der Waals surface area contributed by atoms with Crippen LogP contribution in [0.3, 0.4) is 0 Å². The van der Waals surface area contributed by atoms with Gasteiger partial charge < -0.3 is 14.7 Å². The SMILES string of the molecule is COc1ccc(CN2C=CC=C(C(=O)O)C2SCCCc2ccc(F)cc2)cc1. The molecule has 6 heteroatoms. The van der Waals surface area contributed by atoms with E-state index in [4.69, 9.17) is 4.74 Å². The van der Waals surface area contributed by atoms with Crippen molar-refractivity contribution in [3.8, 4) is 5.75 Å². The summed E-state index contributed by atoms with van der Waals surface area (Å²) >= 11 is 1.62. The number of ether oxygens (including phenoxy) is 1. The Morgan fingerprint density at radius 2 is 1.83 bits per heavy atom. The molecule has 152 valence electrons. The Morgan fingerprint density at radius 3 is 2.48 bits per heavy atom. The number of carboxylic acid groups (broad SMARTS) is 1. The largest absolute Gasteiger partial charge is 0.497 e. The van der Waals surface area contributed by atoms with Gasteiger partial charge in [-0.1, -0.05) is 24.3 Å². The monoisotopic (exact) mass is 413 g/mol. The minimum absolute atomic E-state index is 0.234. The second kappa shape index (κ2) is 10.2. The molecule has 1 unspecified atom stereocenters. The van der Waals surface area contributed by atoms with Crippen molar-refractivity contribution in [2.45, 2.75) is 24.8 Å². The van der Waals surface area contributed by atoms with Gasteiger partial charge in [-0.15, -0.1) is 11.8 Å². The molecular formula is C23H24FNO3S. The number of hydrogen-bond donors (Lipinski definition) is 1. The lowest BCUT2D eigenvalue weighted by Gasteiger charge is -2.33. The van der Waals surface area contributed by atoms with Gasteiger partial charge in [0.15, 0.2) is 0 Å². The summed E-state index contributed by atoms with van der Waals surface area (Å²) in [5, 5.41) is 9.37.